The van der Waals surface area contributed by atoms with E-state index in [0.717, 1.165) is 11.1 Å². The molecule has 0 radical (unpaired) electrons. The molecule has 0 aliphatic carbocycles. The molecule has 0 saturated heterocycles. The highest BCUT2D eigenvalue weighted by molar-refractivity contribution is 6.33. The van der Waals surface area contributed by atoms with E-state index in [9.17, 15) is 4.79 Å². The first kappa shape index (κ1) is 13.4. The Balaban J connectivity index is 2.63. The Morgan fingerprint density at radius 3 is 2.82 bits per heavy atom. The van der Waals surface area contributed by atoms with Gasteiger partial charge in [0, 0.05) is 25.5 Å². The number of rotatable bonds is 2. The first-order valence-electron chi connectivity index (χ1n) is 5.29. The van der Waals surface area contributed by atoms with Crippen molar-refractivity contribution in [3.8, 4) is 11.8 Å². The van der Waals surface area contributed by atoms with Gasteiger partial charge in [0.05, 0.1) is 10.7 Å². The SMILES string of the molecule is CC(=O)NCCC#Cc1cc(C)c(N)c(Cl)c1. The van der Waals surface area contributed by atoms with Gasteiger partial charge in [0.2, 0.25) is 5.91 Å². The topological polar surface area (TPSA) is 55.1 Å². The maximum atomic E-state index is 10.6. The molecule has 17 heavy (non-hydrogen) atoms. The second-order valence-corrected chi connectivity index (χ2v) is 4.13. The average Bonchev–Trinajstić information content (AvgIpc) is 2.25. The lowest BCUT2D eigenvalue weighted by atomic mass is 10.1. The molecule has 1 amide bonds. The van der Waals surface area contributed by atoms with Crippen LogP contribution in [0.2, 0.25) is 5.02 Å². The summed E-state index contributed by atoms with van der Waals surface area (Å²) < 4.78 is 0. The summed E-state index contributed by atoms with van der Waals surface area (Å²) in [6, 6.07) is 3.64. The van der Waals surface area contributed by atoms with Gasteiger partial charge in [-0.25, -0.2) is 0 Å². The number of amides is 1. The van der Waals surface area contributed by atoms with Crippen molar-refractivity contribution in [2.24, 2.45) is 0 Å². The third-order valence-electron chi connectivity index (χ3n) is 2.19. The second-order valence-electron chi connectivity index (χ2n) is 3.72. The van der Waals surface area contributed by atoms with Crippen LogP contribution in [0.1, 0.15) is 24.5 Å². The third kappa shape index (κ3) is 4.38. The van der Waals surface area contributed by atoms with Gasteiger partial charge < -0.3 is 11.1 Å². The quantitative estimate of drug-likeness (QED) is 0.480. The van der Waals surface area contributed by atoms with E-state index in [1.807, 2.05) is 13.0 Å². The molecule has 0 unspecified atom stereocenters. The molecule has 0 heterocycles. The first-order chi connectivity index (χ1) is 8.00. The van der Waals surface area contributed by atoms with Crippen LogP contribution in [0, 0.1) is 18.8 Å². The summed E-state index contributed by atoms with van der Waals surface area (Å²) >= 11 is 5.95. The predicted octanol–water partition coefficient (Wildman–Crippen LogP) is 2.11. The lowest BCUT2D eigenvalue weighted by molar-refractivity contribution is -0.118. The van der Waals surface area contributed by atoms with Gasteiger partial charge in [0.15, 0.2) is 0 Å². The molecule has 0 aliphatic heterocycles. The molecule has 3 nitrogen and oxygen atoms in total. The monoisotopic (exact) mass is 250 g/mol. The maximum absolute atomic E-state index is 10.6. The van der Waals surface area contributed by atoms with Gasteiger partial charge in [-0.3, -0.25) is 4.79 Å². The van der Waals surface area contributed by atoms with Gasteiger partial charge in [-0.05, 0) is 24.6 Å². The number of hydrogen-bond donors (Lipinski definition) is 2. The minimum absolute atomic E-state index is 0.0434. The molecule has 4 heteroatoms. The van der Waals surface area contributed by atoms with E-state index in [-0.39, 0.29) is 5.91 Å². The number of benzene rings is 1. The predicted molar refractivity (Wildman–Crippen MR) is 70.8 cm³/mol. The lowest BCUT2D eigenvalue weighted by Gasteiger charge is -2.02. The molecule has 0 spiro atoms. The molecular formula is C13H15ClN2O. The highest BCUT2D eigenvalue weighted by Crippen LogP contribution is 2.23. The number of halogens is 1. The summed E-state index contributed by atoms with van der Waals surface area (Å²) in [5, 5.41) is 3.20. The molecule has 0 bridgehead atoms. The van der Waals surface area contributed by atoms with Crippen LogP contribution in [0.25, 0.3) is 0 Å². The summed E-state index contributed by atoms with van der Waals surface area (Å²) in [4.78, 5) is 10.6. The van der Waals surface area contributed by atoms with E-state index in [4.69, 9.17) is 17.3 Å². The first-order valence-corrected chi connectivity index (χ1v) is 5.67. The highest BCUT2D eigenvalue weighted by Gasteiger charge is 2.00. The van der Waals surface area contributed by atoms with Gasteiger partial charge in [-0.15, -0.1) is 0 Å². The Morgan fingerprint density at radius 1 is 1.53 bits per heavy atom. The van der Waals surface area contributed by atoms with Crippen LogP contribution < -0.4 is 11.1 Å². The van der Waals surface area contributed by atoms with Crippen LogP contribution in [0.15, 0.2) is 12.1 Å². The van der Waals surface area contributed by atoms with Crippen LogP contribution in [-0.2, 0) is 4.79 Å². The molecule has 3 N–H and O–H groups in total. The van der Waals surface area contributed by atoms with Crippen molar-refractivity contribution in [1.82, 2.24) is 5.32 Å². The van der Waals surface area contributed by atoms with Crippen LogP contribution in [0.5, 0.6) is 0 Å². The van der Waals surface area contributed by atoms with Crippen molar-refractivity contribution >= 4 is 23.2 Å². The molecule has 0 saturated carbocycles. The van der Waals surface area contributed by atoms with E-state index < -0.39 is 0 Å². The molecule has 1 aromatic carbocycles. The Kier molecular flexibility index (Phi) is 4.86. The summed E-state index contributed by atoms with van der Waals surface area (Å²) in [6.07, 6.45) is 0.612. The number of hydrogen-bond acceptors (Lipinski definition) is 2. The number of anilines is 1. The molecule has 1 aromatic rings. The largest absolute Gasteiger partial charge is 0.397 e. The maximum Gasteiger partial charge on any atom is 0.216 e. The minimum atomic E-state index is -0.0434. The standard InChI is InChI=1S/C13H15ClN2O/c1-9-7-11(8-12(14)13(9)15)5-3-4-6-16-10(2)17/h7-8H,4,6,15H2,1-2H3,(H,16,17). The fourth-order valence-electron chi connectivity index (χ4n) is 1.29. The number of nitrogen functional groups attached to an aromatic ring is 1. The van der Waals surface area contributed by atoms with E-state index >= 15 is 0 Å². The van der Waals surface area contributed by atoms with Crippen molar-refractivity contribution in [1.29, 1.82) is 0 Å². The molecule has 0 fully saturated rings. The van der Waals surface area contributed by atoms with E-state index in [1.54, 1.807) is 6.07 Å². The zero-order valence-electron chi connectivity index (χ0n) is 9.93. The molecule has 1 rings (SSSR count). The van der Waals surface area contributed by atoms with Crippen LogP contribution >= 0.6 is 11.6 Å². The van der Waals surface area contributed by atoms with Gasteiger partial charge >= 0.3 is 0 Å². The molecular weight excluding hydrogens is 236 g/mol. The summed E-state index contributed by atoms with van der Waals surface area (Å²) in [7, 11) is 0. The van der Waals surface area contributed by atoms with Crippen molar-refractivity contribution in [3.63, 3.8) is 0 Å². The van der Waals surface area contributed by atoms with Crippen LogP contribution in [0.4, 0.5) is 5.69 Å². The fraction of sp³-hybridized carbons (Fsp3) is 0.308. The number of nitrogens with two attached hydrogens (primary N) is 1. The molecule has 0 aromatic heterocycles. The number of carbonyl (C=O) groups excluding carboxylic acids is 1. The Hall–Kier alpha value is -1.66. The smallest absolute Gasteiger partial charge is 0.216 e. The zero-order chi connectivity index (χ0) is 12.8. The minimum Gasteiger partial charge on any atom is -0.397 e. The van der Waals surface area contributed by atoms with Crippen LogP contribution in [-0.4, -0.2) is 12.5 Å². The molecule has 0 aliphatic rings. The van der Waals surface area contributed by atoms with E-state index in [0.29, 0.717) is 23.7 Å². The van der Waals surface area contributed by atoms with Gasteiger partial charge in [-0.1, -0.05) is 23.4 Å². The van der Waals surface area contributed by atoms with Gasteiger partial charge in [0.1, 0.15) is 0 Å². The number of carbonyl (C=O) groups is 1. The highest BCUT2D eigenvalue weighted by atomic mass is 35.5. The lowest BCUT2D eigenvalue weighted by Crippen LogP contribution is -2.20. The molecule has 90 valence electrons. The van der Waals surface area contributed by atoms with E-state index in [1.165, 1.54) is 6.92 Å². The van der Waals surface area contributed by atoms with Crippen molar-refractivity contribution < 1.29 is 4.79 Å². The van der Waals surface area contributed by atoms with Gasteiger partial charge in [-0.2, -0.15) is 0 Å². The summed E-state index contributed by atoms with van der Waals surface area (Å²) in [5.74, 6) is 5.91. The second kappa shape index (κ2) is 6.17. The summed E-state index contributed by atoms with van der Waals surface area (Å²) in [6.45, 7) is 3.93. The number of nitrogens with one attached hydrogen (secondary N) is 1. The van der Waals surface area contributed by atoms with Crippen molar-refractivity contribution in [3.05, 3.63) is 28.3 Å². The zero-order valence-corrected chi connectivity index (χ0v) is 10.7. The Bertz CT molecular complexity index is 463. The molecule has 0 atom stereocenters. The van der Waals surface area contributed by atoms with Crippen molar-refractivity contribution in [2.45, 2.75) is 20.3 Å². The van der Waals surface area contributed by atoms with E-state index in [2.05, 4.69) is 17.2 Å². The number of aryl methyl sites for hydroxylation is 1. The Morgan fingerprint density at radius 2 is 2.24 bits per heavy atom. The third-order valence-corrected chi connectivity index (χ3v) is 2.51. The fourth-order valence-corrected chi connectivity index (χ4v) is 1.56. The average molecular weight is 251 g/mol. The Labute approximate surface area is 106 Å². The van der Waals surface area contributed by atoms with Crippen molar-refractivity contribution in [2.75, 3.05) is 12.3 Å². The van der Waals surface area contributed by atoms with Crippen LogP contribution in [0.3, 0.4) is 0 Å². The van der Waals surface area contributed by atoms with Gasteiger partial charge in [0.25, 0.3) is 0 Å². The normalized spacial score (nSPS) is 9.35. The summed E-state index contributed by atoms with van der Waals surface area (Å²) in [5.41, 5.74) is 8.08.